The topological polar surface area (TPSA) is 78.9 Å². The van der Waals surface area contributed by atoms with Crippen LogP contribution in [-0.2, 0) is 14.8 Å². The van der Waals surface area contributed by atoms with Gasteiger partial charge in [-0.15, -0.1) is 0 Å². The number of rotatable bonds is 5. The smallest absolute Gasteiger partial charge is 0.243 e. The maximum Gasteiger partial charge on any atom is 0.243 e. The van der Waals surface area contributed by atoms with Crippen LogP contribution in [0.3, 0.4) is 0 Å². The van der Waals surface area contributed by atoms with Gasteiger partial charge in [0, 0.05) is 49.7 Å². The van der Waals surface area contributed by atoms with Crippen LogP contribution < -0.4 is 4.90 Å². The minimum absolute atomic E-state index is 0.0372. The van der Waals surface area contributed by atoms with Gasteiger partial charge in [-0.2, -0.15) is 4.31 Å². The number of fused-ring (bicyclic) bond motifs is 1. The molecule has 2 fully saturated rings. The van der Waals surface area contributed by atoms with Crippen LogP contribution >= 0.6 is 11.6 Å². The zero-order chi connectivity index (χ0) is 23.7. The van der Waals surface area contributed by atoms with Crippen molar-refractivity contribution in [2.45, 2.75) is 17.9 Å². The van der Waals surface area contributed by atoms with Crippen molar-refractivity contribution in [1.82, 2.24) is 19.2 Å². The van der Waals surface area contributed by atoms with E-state index in [2.05, 4.69) is 22.8 Å². The van der Waals surface area contributed by atoms with Crippen LogP contribution in [0.15, 0.2) is 53.4 Å². The van der Waals surface area contributed by atoms with Gasteiger partial charge in [0.2, 0.25) is 10.0 Å². The Bertz CT molecular complexity index is 1260. The molecule has 3 heterocycles. The Balaban J connectivity index is 1.35. The van der Waals surface area contributed by atoms with Crippen LogP contribution in [-0.4, -0.2) is 80.1 Å². The Labute approximate surface area is 205 Å². The normalized spacial score (nSPS) is 19.4. The number of para-hydroxylation sites is 1. The number of hydrogen-bond acceptors (Lipinski definition) is 7. The summed E-state index contributed by atoms with van der Waals surface area (Å²) < 4.78 is 33.1. The number of benzene rings is 2. The van der Waals surface area contributed by atoms with Crippen molar-refractivity contribution in [3.63, 3.8) is 0 Å². The van der Waals surface area contributed by atoms with E-state index in [1.54, 1.807) is 28.6 Å². The van der Waals surface area contributed by atoms with Gasteiger partial charge in [-0.1, -0.05) is 23.7 Å². The van der Waals surface area contributed by atoms with E-state index in [1.807, 2.05) is 18.2 Å². The minimum atomic E-state index is -3.54. The van der Waals surface area contributed by atoms with Crippen LogP contribution in [0.1, 0.15) is 18.8 Å². The molecule has 10 heteroatoms. The van der Waals surface area contributed by atoms with Crippen molar-refractivity contribution in [3.05, 3.63) is 59.4 Å². The summed E-state index contributed by atoms with van der Waals surface area (Å²) in [5, 5.41) is 1.56. The number of aromatic nitrogens is 2. The van der Waals surface area contributed by atoms with Crippen molar-refractivity contribution in [2.24, 2.45) is 0 Å². The third-order valence-corrected chi connectivity index (χ3v) is 8.72. The highest BCUT2D eigenvalue weighted by Crippen LogP contribution is 2.29. The number of nitrogens with zero attached hydrogens (tertiary/aromatic N) is 5. The first kappa shape index (κ1) is 23.4. The molecular weight excluding hydrogens is 474 g/mol. The molecule has 2 aromatic carbocycles. The number of ether oxygens (including phenoxy) is 1. The van der Waals surface area contributed by atoms with E-state index in [0.717, 1.165) is 35.6 Å². The molecule has 0 N–H and O–H groups in total. The van der Waals surface area contributed by atoms with Gasteiger partial charge in [-0.05, 0) is 43.3 Å². The molecule has 2 aliphatic rings. The summed E-state index contributed by atoms with van der Waals surface area (Å²) >= 11 is 5.92. The van der Waals surface area contributed by atoms with Gasteiger partial charge in [-0.3, -0.25) is 4.90 Å². The molecule has 0 saturated carbocycles. The lowest BCUT2D eigenvalue weighted by atomic mass is 10.1. The fourth-order valence-electron chi connectivity index (χ4n) is 4.53. The quantitative estimate of drug-likeness (QED) is 0.531. The van der Waals surface area contributed by atoms with Gasteiger partial charge in [0.1, 0.15) is 11.6 Å². The Hall–Kier alpha value is -2.30. The first-order valence-electron chi connectivity index (χ1n) is 11.5. The second kappa shape index (κ2) is 9.75. The molecule has 5 rings (SSSR count). The van der Waals surface area contributed by atoms with Crippen molar-refractivity contribution in [2.75, 3.05) is 57.4 Å². The van der Waals surface area contributed by atoms with Crippen molar-refractivity contribution >= 4 is 38.3 Å². The molecule has 0 amide bonds. The van der Waals surface area contributed by atoms with Crippen LogP contribution in [0.25, 0.3) is 10.9 Å². The molecule has 0 unspecified atom stereocenters. The maximum absolute atomic E-state index is 13.0. The van der Waals surface area contributed by atoms with Gasteiger partial charge < -0.3 is 9.64 Å². The van der Waals surface area contributed by atoms with E-state index < -0.39 is 10.0 Å². The molecule has 1 atom stereocenters. The van der Waals surface area contributed by atoms with Crippen molar-refractivity contribution in [1.29, 1.82) is 0 Å². The molecule has 0 radical (unpaired) electrons. The lowest BCUT2D eigenvalue weighted by Crippen LogP contribution is -2.49. The highest BCUT2D eigenvalue weighted by molar-refractivity contribution is 7.89. The Morgan fingerprint density at radius 3 is 2.29 bits per heavy atom. The highest BCUT2D eigenvalue weighted by Gasteiger charge is 2.31. The Morgan fingerprint density at radius 2 is 1.59 bits per heavy atom. The molecule has 180 valence electrons. The number of anilines is 1. The summed E-state index contributed by atoms with van der Waals surface area (Å²) in [6.45, 7) is 7.12. The summed E-state index contributed by atoms with van der Waals surface area (Å²) in [6, 6.07) is 14.4. The van der Waals surface area contributed by atoms with Gasteiger partial charge in [-0.25, -0.2) is 18.4 Å². The van der Waals surface area contributed by atoms with Gasteiger partial charge in [0.05, 0.1) is 29.7 Å². The van der Waals surface area contributed by atoms with Crippen molar-refractivity contribution in [3.8, 4) is 0 Å². The number of morpholine rings is 1. The van der Waals surface area contributed by atoms with Gasteiger partial charge in [0.25, 0.3) is 0 Å². The molecule has 0 aliphatic carbocycles. The fraction of sp³-hybridized carbons (Fsp3) is 0.417. The number of halogens is 1. The predicted octanol–water partition coefficient (Wildman–Crippen LogP) is 3.19. The summed E-state index contributed by atoms with van der Waals surface area (Å²) in [7, 11) is -3.54. The number of piperazine rings is 1. The lowest BCUT2D eigenvalue weighted by molar-refractivity contribution is 0.122. The van der Waals surface area contributed by atoms with Crippen LogP contribution in [0, 0.1) is 0 Å². The largest absolute Gasteiger partial charge is 0.378 e. The fourth-order valence-corrected chi connectivity index (χ4v) is 6.08. The summed E-state index contributed by atoms with van der Waals surface area (Å²) in [4.78, 5) is 14.7. The summed E-state index contributed by atoms with van der Waals surface area (Å²) in [5.41, 5.74) is 0.921. The standard InChI is InChI=1S/C24H28ClN5O3S/c1-18(28-10-12-30(13-11-28)34(31,32)20-8-6-19(25)7-9-20)23-26-22-5-3-2-4-21(22)24(27-23)29-14-16-33-17-15-29/h2-9,18H,10-17H2,1H3/t18-/m1/s1. The van der Waals surface area contributed by atoms with E-state index in [9.17, 15) is 8.42 Å². The molecule has 0 bridgehead atoms. The molecule has 2 aliphatic heterocycles. The lowest BCUT2D eigenvalue weighted by Gasteiger charge is -2.37. The molecule has 3 aromatic rings. The predicted molar refractivity (Wildman–Crippen MR) is 133 cm³/mol. The van der Waals surface area contributed by atoms with Crippen molar-refractivity contribution < 1.29 is 13.2 Å². The second-order valence-corrected chi connectivity index (χ2v) is 11.0. The van der Waals surface area contributed by atoms with E-state index in [0.29, 0.717) is 44.4 Å². The summed E-state index contributed by atoms with van der Waals surface area (Å²) in [5.74, 6) is 1.70. The molecule has 1 aromatic heterocycles. The van der Waals surface area contributed by atoms with Crippen LogP contribution in [0.5, 0.6) is 0 Å². The van der Waals surface area contributed by atoms with Gasteiger partial charge in [0.15, 0.2) is 0 Å². The summed E-state index contributed by atoms with van der Waals surface area (Å²) in [6.07, 6.45) is 0. The average molecular weight is 502 g/mol. The second-order valence-electron chi connectivity index (χ2n) is 8.59. The van der Waals surface area contributed by atoms with E-state index >= 15 is 0 Å². The molecule has 34 heavy (non-hydrogen) atoms. The molecular formula is C24H28ClN5O3S. The highest BCUT2D eigenvalue weighted by atomic mass is 35.5. The molecule has 2 saturated heterocycles. The zero-order valence-electron chi connectivity index (χ0n) is 19.1. The first-order chi connectivity index (χ1) is 16.4. The minimum Gasteiger partial charge on any atom is -0.378 e. The van der Waals surface area contributed by atoms with E-state index in [-0.39, 0.29) is 10.9 Å². The monoisotopic (exact) mass is 501 g/mol. The maximum atomic E-state index is 13.0. The molecule has 8 nitrogen and oxygen atoms in total. The third kappa shape index (κ3) is 4.63. The average Bonchev–Trinajstić information content (AvgIpc) is 2.88. The van der Waals surface area contributed by atoms with Crippen LogP contribution in [0.4, 0.5) is 5.82 Å². The van der Waals surface area contributed by atoms with E-state index in [1.165, 1.54) is 0 Å². The Morgan fingerprint density at radius 1 is 0.912 bits per heavy atom. The number of sulfonamides is 1. The van der Waals surface area contributed by atoms with E-state index in [4.69, 9.17) is 26.3 Å². The SMILES string of the molecule is C[C@H](c1nc(N2CCOCC2)c2ccccc2n1)N1CCN(S(=O)(=O)c2ccc(Cl)cc2)CC1. The zero-order valence-corrected chi connectivity index (χ0v) is 20.7. The molecule has 0 spiro atoms. The third-order valence-electron chi connectivity index (χ3n) is 6.56. The van der Waals surface area contributed by atoms with Crippen LogP contribution in [0.2, 0.25) is 5.02 Å². The Kier molecular flexibility index (Phi) is 6.72. The van der Waals surface area contributed by atoms with Gasteiger partial charge >= 0.3 is 0 Å². The first-order valence-corrected chi connectivity index (χ1v) is 13.3. The number of hydrogen-bond donors (Lipinski definition) is 0.